The highest BCUT2D eigenvalue weighted by molar-refractivity contribution is 6.17. The number of rotatable bonds is 4. The van der Waals surface area contributed by atoms with E-state index in [1.54, 1.807) is 6.20 Å². The van der Waals surface area contributed by atoms with Crippen LogP contribution < -0.4 is 0 Å². The zero-order valence-corrected chi connectivity index (χ0v) is 12.3. The van der Waals surface area contributed by atoms with E-state index >= 15 is 0 Å². The first-order valence-electron chi connectivity index (χ1n) is 6.54. The van der Waals surface area contributed by atoms with Gasteiger partial charge in [-0.3, -0.25) is 4.68 Å². The predicted molar refractivity (Wildman–Crippen MR) is 79.0 cm³/mol. The van der Waals surface area contributed by atoms with Crippen molar-refractivity contribution in [1.82, 2.24) is 24.3 Å². The van der Waals surface area contributed by atoms with E-state index in [0.717, 1.165) is 35.6 Å². The third-order valence-corrected chi connectivity index (χ3v) is 3.76. The van der Waals surface area contributed by atoms with Gasteiger partial charge in [-0.05, 0) is 19.1 Å². The van der Waals surface area contributed by atoms with Crippen molar-refractivity contribution in [3.05, 3.63) is 41.6 Å². The molecular weight excluding hydrogens is 274 g/mol. The summed E-state index contributed by atoms with van der Waals surface area (Å²) in [5.41, 5.74) is 4.14. The second kappa shape index (κ2) is 5.25. The summed E-state index contributed by atoms with van der Waals surface area (Å²) in [5.74, 6) is 1.52. The molecule has 0 aliphatic carbocycles. The van der Waals surface area contributed by atoms with Crippen molar-refractivity contribution < 1.29 is 0 Å². The Kier molecular flexibility index (Phi) is 3.44. The van der Waals surface area contributed by atoms with E-state index in [1.165, 1.54) is 5.56 Å². The van der Waals surface area contributed by atoms with Crippen LogP contribution in [0.25, 0.3) is 11.2 Å². The molecule has 3 heterocycles. The van der Waals surface area contributed by atoms with Crippen LogP contribution in [0.4, 0.5) is 0 Å². The Morgan fingerprint density at radius 3 is 2.90 bits per heavy atom. The molecule has 3 aromatic heterocycles. The van der Waals surface area contributed by atoms with Crippen molar-refractivity contribution in [2.75, 3.05) is 5.88 Å². The summed E-state index contributed by atoms with van der Waals surface area (Å²) >= 11 is 5.88. The van der Waals surface area contributed by atoms with Crippen molar-refractivity contribution in [3.63, 3.8) is 0 Å². The molecule has 0 unspecified atom stereocenters. The number of hydrogen-bond acceptors (Lipinski definition) is 3. The molecule has 0 saturated carbocycles. The van der Waals surface area contributed by atoms with Crippen LogP contribution in [0, 0.1) is 6.92 Å². The van der Waals surface area contributed by atoms with Gasteiger partial charge < -0.3 is 4.57 Å². The van der Waals surface area contributed by atoms with E-state index in [2.05, 4.69) is 26.6 Å². The summed E-state index contributed by atoms with van der Waals surface area (Å²) in [6, 6.07) is 3.88. The molecule has 5 nitrogen and oxygen atoms in total. The van der Waals surface area contributed by atoms with E-state index < -0.39 is 0 Å². The first kappa shape index (κ1) is 13.1. The van der Waals surface area contributed by atoms with Crippen LogP contribution >= 0.6 is 11.6 Å². The highest BCUT2D eigenvalue weighted by atomic mass is 35.5. The molecule has 0 amide bonds. The summed E-state index contributed by atoms with van der Waals surface area (Å²) in [5, 5.41) is 4.29. The fourth-order valence-corrected chi connectivity index (χ4v) is 2.49. The molecule has 0 aliphatic rings. The molecule has 3 aromatic rings. The summed E-state index contributed by atoms with van der Waals surface area (Å²) in [6.07, 6.45) is 4.42. The van der Waals surface area contributed by atoms with Crippen LogP contribution in [0.3, 0.4) is 0 Å². The van der Waals surface area contributed by atoms with Gasteiger partial charge in [0.05, 0.1) is 12.7 Å². The van der Waals surface area contributed by atoms with Gasteiger partial charge in [0.1, 0.15) is 11.3 Å². The maximum absolute atomic E-state index is 5.88. The maximum Gasteiger partial charge on any atom is 0.160 e. The fraction of sp³-hybridized carbons (Fsp3) is 0.357. The highest BCUT2D eigenvalue weighted by Gasteiger charge is 2.13. The van der Waals surface area contributed by atoms with Gasteiger partial charge in [0.2, 0.25) is 0 Å². The maximum atomic E-state index is 5.88. The van der Waals surface area contributed by atoms with E-state index in [-0.39, 0.29) is 0 Å². The van der Waals surface area contributed by atoms with Crippen LogP contribution in [0.2, 0.25) is 0 Å². The summed E-state index contributed by atoms with van der Waals surface area (Å²) in [4.78, 5) is 9.07. The number of hydrogen-bond donors (Lipinski definition) is 0. The third kappa shape index (κ3) is 2.18. The number of pyridine rings is 1. The number of imidazole rings is 1. The minimum atomic E-state index is 0.551. The molecule has 0 fully saturated rings. The van der Waals surface area contributed by atoms with Crippen LogP contribution in [-0.4, -0.2) is 30.2 Å². The predicted octanol–water partition coefficient (Wildman–Crippen LogP) is 2.30. The molecule has 0 aliphatic heterocycles. The van der Waals surface area contributed by atoms with Crippen molar-refractivity contribution >= 4 is 22.8 Å². The van der Waals surface area contributed by atoms with Crippen LogP contribution in [-0.2, 0) is 20.0 Å². The smallest absolute Gasteiger partial charge is 0.160 e. The third-order valence-electron chi connectivity index (χ3n) is 3.57. The van der Waals surface area contributed by atoms with Gasteiger partial charge >= 0.3 is 0 Å². The van der Waals surface area contributed by atoms with Gasteiger partial charge in [0, 0.05) is 36.8 Å². The average molecular weight is 290 g/mol. The molecule has 0 N–H and O–H groups in total. The number of halogens is 1. The Labute approximate surface area is 122 Å². The lowest BCUT2D eigenvalue weighted by molar-refractivity contribution is 0.722. The molecule has 0 saturated heterocycles. The number of fused-ring (bicyclic) bond motifs is 1. The molecule has 6 heteroatoms. The minimum Gasteiger partial charge on any atom is -0.308 e. The second-order valence-corrected chi connectivity index (χ2v) is 5.16. The standard InChI is InChI=1S/C14H16ClN5/c1-10-11(8-17-19(10)2)9-20-13(5-6-15)18-12-4-3-7-16-14(12)20/h3-4,7-8H,5-6,9H2,1-2H3. The Morgan fingerprint density at radius 2 is 2.20 bits per heavy atom. The quantitative estimate of drug-likeness (QED) is 0.693. The van der Waals surface area contributed by atoms with Gasteiger partial charge in [-0.25, -0.2) is 9.97 Å². The zero-order chi connectivity index (χ0) is 14.1. The molecule has 3 rings (SSSR count). The number of aromatic nitrogens is 5. The Bertz CT molecular complexity index is 743. The first-order valence-corrected chi connectivity index (χ1v) is 7.07. The lowest BCUT2D eigenvalue weighted by Gasteiger charge is -2.07. The second-order valence-electron chi connectivity index (χ2n) is 4.78. The van der Waals surface area contributed by atoms with E-state index in [1.807, 2.05) is 30.1 Å². The van der Waals surface area contributed by atoms with Crippen molar-refractivity contribution in [2.45, 2.75) is 19.9 Å². The van der Waals surface area contributed by atoms with Gasteiger partial charge in [-0.2, -0.15) is 5.10 Å². The van der Waals surface area contributed by atoms with Crippen LogP contribution in [0.15, 0.2) is 24.5 Å². The monoisotopic (exact) mass is 289 g/mol. The van der Waals surface area contributed by atoms with Gasteiger partial charge in [0.15, 0.2) is 5.65 Å². The summed E-state index contributed by atoms with van der Waals surface area (Å²) in [6.45, 7) is 2.79. The molecule has 104 valence electrons. The lowest BCUT2D eigenvalue weighted by Crippen LogP contribution is -2.07. The number of alkyl halides is 1. The molecule has 0 atom stereocenters. The van der Waals surface area contributed by atoms with Gasteiger partial charge in [0.25, 0.3) is 0 Å². The zero-order valence-electron chi connectivity index (χ0n) is 11.5. The minimum absolute atomic E-state index is 0.551. The van der Waals surface area contributed by atoms with Crippen molar-refractivity contribution in [1.29, 1.82) is 0 Å². The Morgan fingerprint density at radius 1 is 1.35 bits per heavy atom. The van der Waals surface area contributed by atoms with Crippen LogP contribution in [0.5, 0.6) is 0 Å². The Balaban J connectivity index is 2.09. The SMILES string of the molecule is Cc1c(Cn2c(CCCl)nc3cccnc32)cnn1C. The first-order chi connectivity index (χ1) is 9.70. The fourth-order valence-electron chi connectivity index (χ4n) is 2.32. The van der Waals surface area contributed by atoms with Crippen LogP contribution in [0.1, 0.15) is 17.1 Å². The summed E-state index contributed by atoms with van der Waals surface area (Å²) < 4.78 is 4.00. The van der Waals surface area contributed by atoms with Gasteiger partial charge in [-0.1, -0.05) is 0 Å². The topological polar surface area (TPSA) is 48.5 Å². The Hall–Kier alpha value is -1.88. The lowest BCUT2D eigenvalue weighted by atomic mass is 10.2. The van der Waals surface area contributed by atoms with E-state index in [9.17, 15) is 0 Å². The van der Waals surface area contributed by atoms with Crippen molar-refractivity contribution in [2.24, 2.45) is 7.05 Å². The van der Waals surface area contributed by atoms with E-state index in [4.69, 9.17) is 11.6 Å². The summed E-state index contributed by atoms with van der Waals surface area (Å²) in [7, 11) is 1.95. The molecule has 0 spiro atoms. The molecular formula is C14H16ClN5. The normalized spacial score (nSPS) is 11.3. The molecule has 20 heavy (non-hydrogen) atoms. The largest absolute Gasteiger partial charge is 0.308 e. The van der Waals surface area contributed by atoms with Crippen molar-refractivity contribution in [3.8, 4) is 0 Å². The highest BCUT2D eigenvalue weighted by Crippen LogP contribution is 2.18. The van der Waals surface area contributed by atoms with Gasteiger partial charge in [-0.15, -0.1) is 11.6 Å². The molecule has 0 radical (unpaired) electrons. The molecule has 0 bridgehead atoms. The number of nitrogens with zero attached hydrogens (tertiary/aromatic N) is 5. The van der Waals surface area contributed by atoms with E-state index in [0.29, 0.717) is 5.88 Å². The number of aryl methyl sites for hydroxylation is 2. The molecule has 0 aromatic carbocycles. The average Bonchev–Trinajstić information content (AvgIpc) is 2.95.